The molecule has 2 aromatic heterocycles. The van der Waals surface area contributed by atoms with Crippen molar-refractivity contribution in [1.29, 1.82) is 0 Å². The van der Waals surface area contributed by atoms with E-state index in [1.807, 2.05) is 12.3 Å². The second kappa shape index (κ2) is 18.7. The summed E-state index contributed by atoms with van der Waals surface area (Å²) in [6, 6.07) is 94.5. The monoisotopic (exact) mass is 1060 g/mol. The summed E-state index contributed by atoms with van der Waals surface area (Å²) in [5.41, 5.74) is 23.8. The molecule has 15 rings (SSSR count). The second-order valence-electron chi connectivity index (χ2n) is 24.3. The third-order valence-electron chi connectivity index (χ3n) is 17.5. The number of benzene rings is 11. The van der Waals surface area contributed by atoms with Crippen molar-refractivity contribution in [1.82, 2.24) is 4.98 Å². The predicted octanol–water partition coefficient (Wildman–Crippen LogP) is 21.3. The lowest BCUT2D eigenvalue weighted by Crippen LogP contribution is -2.26. The fourth-order valence-electron chi connectivity index (χ4n) is 13.5. The predicted molar refractivity (Wildman–Crippen MR) is 343 cm³/mol. The maximum atomic E-state index is 7.44. The van der Waals surface area contributed by atoms with E-state index in [4.69, 9.17) is 9.40 Å². The molecule has 11 aromatic carbocycles. The first-order valence-corrected chi connectivity index (χ1v) is 28.7. The fraction of sp³-hybridized carbons (Fsp3) is 0.115. The minimum absolute atomic E-state index is 0.0180. The van der Waals surface area contributed by atoms with Crippen LogP contribution in [0.25, 0.3) is 77.3 Å². The molecule has 13 aromatic rings. The van der Waals surface area contributed by atoms with Crippen molar-refractivity contribution in [2.24, 2.45) is 0 Å². The van der Waals surface area contributed by atoms with Crippen molar-refractivity contribution >= 4 is 67.0 Å². The Morgan fingerprint density at radius 3 is 1.27 bits per heavy atom. The molecule has 82 heavy (non-hydrogen) atoms. The van der Waals surface area contributed by atoms with Gasteiger partial charge in [-0.2, -0.15) is 0 Å². The molecule has 0 fully saturated rings. The summed E-state index contributed by atoms with van der Waals surface area (Å²) in [7, 11) is 0. The van der Waals surface area contributed by atoms with E-state index in [1.54, 1.807) is 0 Å². The molecule has 2 aliphatic carbocycles. The lowest BCUT2D eigenvalue weighted by Gasteiger charge is -2.34. The molecule has 4 nitrogen and oxygen atoms in total. The number of hydrogen-bond acceptors (Lipinski definition) is 4. The lowest BCUT2D eigenvalue weighted by molar-refractivity contribution is 0.590. The zero-order chi connectivity index (χ0) is 55.5. The zero-order valence-electron chi connectivity index (χ0n) is 47.1. The Kier molecular flexibility index (Phi) is 11.2. The highest BCUT2D eigenvalue weighted by atomic mass is 16.3. The second-order valence-corrected chi connectivity index (χ2v) is 24.3. The van der Waals surface area contributed by atoms with E-state index in [0.717, 1.165) is 72.4 Å². The quantitative estimate of drug-likeness (QED) is 0.152. The van der Waals surface area contributed by atoms with E-state index in [2.05, 4.69) is 300 Å². The Bertz CT molecular complexity index is 4560. The molecular formula is C78H61N3O. The standard InChI is InChI=1S/C78H61N3O/c1-76(2,3)54-35-43-58(44-36-54)80(56-39-31-52(32-40-56)50-20-9-7-10-21-50)69-48-67-71(63-27-14-13-26-62(63)69)73-68(78(67)65-29-17-15-24-60(65)61-25-16-18-30-66(61)78)49-70(72-64-28-19-47-79-75(64)82-74(72)73)81(59-45-37-55(38-46-59)77(4,5)6)57-41-33-53(34-42-57)51-22-11-8-12-23-51/h7-49H,1-6H3. The number of pyridine rings is 1. The number of furan rings is 1. The van der Waals surface area contributed by atoms with Crippen LogP contribution in [0.1, 0.15) is 74.9 Å². The Morgan fingerprint density at radius 2 is 0.756 bits per heavy atom. The molecule has 0 saturated heterocycles. The van der Waals surface area contributed by atoms with Crippen LogP contribution >= 0.6 is 0 Å². The average molecular weight is 1060 g/mol. The van der Waals surface area contributed by atoms with Gasteiger partial charge in [0, 0.05) is 39.9 Å². The third-order valence-corrected chi connectivity index (χ3v) is 17.5. The molecule has 2 heterocycles. The van der Waals surface area contributed by atoms with Crippen LogP contribution in [0.4, 0.5) is 34.1 Å². The Hall–Kier alpha value is -9.77. The normalized spacial score (nSPS) is 13.1. The van der Waals surface area contributed by atoms with E-state index in [1.165, 1.54) is 66.8 Å². The molecule has 394 valence electrons. The first kappa shape index (κ1) is 49.3. The zero-order valence-corrected chi connectivity index (χ0v) is 47.1. The van der Waals surface area contributed by atoms with Gasteiger partial charge in [-0.15, -0.1) is 0 Å². The van der Waals surface area contributed by atoms with Crippen molar-refractivity contribution in [3.8, 4) is 44.5 Å². The first-order valence-electron chi connectivity index (χ1n) is 28.7. The van der Waals surface area contributed by atoms with Crippen LogP contribution in [-0.4, -0.2) is 4.98 Å². The van der Waals surface area contributed by atoms with Crippen LogP contribution in [0.15, 0.2) is 265 Å². The maximum absolute atomic E-state index is 7.44. The highest BCUT2D eigenvalue weighted by Gasteiger charge is 2.54. The molecule has 0 saturated carbocycles. The molecule has 0 aliphatic heterocycles. The Balaban J connectivity index is 1.06. The molecule has 0 amide bonds. The number of rotatable bonds is 8. The number of hydrogen-bond donors (Lipinski definition) is 0. The van der Waals surface area contributed by atoms with E-state index in [9.17, 15) is 0 Å². The van der Waals surface area contributed by atoms with Crippen molar-refractivity contribution in [3.05, 3.63) is 294 Å². The Labute approximate surface area is 480 Å². The van der Waals surface area contributed by atoms with Crippen molar-refractivity contribution in [2.75, 3.05) is 9.80 Å². The van der Waals surface area contributed by atoms with Gasteiger partial charge in [-0.1, -0.05) is 224 Å². The van der Waals surface area contributed by atoms with Crippen LogP contribution in [0.2, 0.25) is 0 Å². The first-order chi connectivity index (χ1) is 39.9. The molecule has 0 radical (unpaired) electrons. The van der Waals surface area contributed by atoms with E-state index in [0.29, 0.717) is 5.71 Å². The fourth-order valence-corrected chi connectivity index (χ4v) is 13.5. The summed E-state index contributed by atoms with van der Waals surface area (Å²) in [6.45, 7) is 13.7. The van der Waals surface area contributed by atoms with Gasteiger partial charge in [-0.3, -0.25) is 0 Å². The molecule has 4 heteroatoms. The number of nitrogens with zero attached hydrogens (tertiary/aromatic N) is 3. The van der Waals surface area contributed by atoms with Gasteiger partial charge in [0.1, 0.15) is 5.58 Å². The van der Waals surface area contributed by atoms with Gasteiger partial charge in [0.05, 0.1) is 27.6 Å². The number of fused-ring (bicyclic) bond motifs is 16. The molecular weight excluding hydrogens is 995 g/mol. The van der Waals surface area contributed by atoms with E-state index in [-0.39, 0.29) is 10.8 Å². The van der Waals surface area contributed by atoms with Crippen LogP contribution in [0, 0.1) is 0 Å². The summed E-state index contributed by atoms with van der Waals surface area (Å²) < 4.78 is 7.44. The van der Waals surface area contributed by atoms with Crippen molar-refractivity contribution in [2.45, 2.75) is 57.8 Å². The summed E-state index contributed by atoms with van der Waals surface area (Å²) in [4.78, 5) is 9.96. The summed E-state index contributed by atoms with van der Waals surface area (Å²) >= 11 is 0. The van der Waals surface area contributed by atoms with Gasteiger partial charge in [0.2, 0.25) is 5.71 Å². The molecule has 0 atom stereocenters. The highest BCUT2D eigenvalue weighted by molar-refractivity contribution is 6.23. The van der Waals surface area contributed by atoms with E-state index < -0.39 is 5.41 Å². The van der Waals surface area contributed by atoms with Crippen LogP contribution in [-0.2, 0) is 16.2 Å². The minimum atomic E-state index is -0.788. The number of aromatic nitrogens is 1. The van der Waals surface area contributed by atoms with Crippen molar-refractivity contribution < 1.29 is 4.42 Å². The highest BCUT2D eigenvalue weighted by Crippen LogP contribution is 2.67. The smallest absolute Gasteiger partial charge is 0.227 e. The summed E-state index contributed by atoms with van der Waals surface area (Å²) in [6.07, 6.45) is 1.85. The lowest BCUT2D eigenvalue weighted by atomic mass is 9.70. The van der Waals surface area contributed by atoms with Gasteiger partial charge in [-0.25, -0.2) is 4.98 Å². The van der Waals surface area contributed by atoms with Gasteiger partial charge in [0.15, 0.2) is 0 Å². The van der Waals surface area contributed by atoms with Crippen molar-refractivity contribution in [3.63, 3.8) is 0 Å². The van der Waals surface area contributed by atoms with Gasteiger partial charge in [0.25, 0.3) is 0 Å². The topological polar surface area (TPSA) is 32.5 Å². The SMILES string of the molecule is CC(C)(C)c1ccc(N(c2ccc(-c3ccccc3)cc2)c2cc3c(c4ccccc24)-c2c(cc(N(c4ccc(-c5ccccc5)cc4)c4ccc(C(C)(C)C)cc4)c4c2oc2ncccc24)C32c3ccccc3-c3ccccc32)cc1. The van der Waals surface area contributed by atoms with Crippen LogP contribution < -0.4 is 9.80 Å². The summed E-state index contributed by atoms with van der Waals surface area (Å²) in [5.74, 6) is 0. The largest absolute Gasteiger partial charge is 0.437 e. The molecule has 2 aliphatic rings. The van der Waals surface area contributed by atoms with Crippen LogP contribution in [0.3, 0.4) is 0 Å². The van der Waals surface area contributed by atoms with Gasteiger partial charge < -0.3 is 14.2 Å². The molecule has 0 N–H and O–H groups in total. The van der Waals surface area contributed by atoms with E-state index >= 15 is 0 Å². The maximum Gasteiger partial charge on any atom is 0.227 e. The molecule has 0 unspecified atom stereocenters. The Morgan fingerprint density at radius 1 is 0.354 bits per heavy atom. The molecule has 0 bridgehead atoms. The summed E-state index contributed by atoms with van der Waals surface area (Å²) in [5, 5.41) is 4.28. The van der Waals surface area contributed by atoms with Crippen LogP contribution in [0.5, 0.6) is 0 Å². The third kappa shape index (κ3) is 7.62. The molecule has 1 spiro atoms. The average Bonchev–Trinajstić information content (AvgIpc) is 2.08. The minimum Gasteiger partial charge on any atom is -0.437 e. The van der Waals surface area contributed by atoms with Gasteiger partial charge >= 0.3 is 0 Å². The van der Waals surface area contributed by atoms with Gasteiger partial charge in [-0.05, 0) is 161 Å². The number of anilines is 6.